The lowest BCUT2D eigenvalue weighted by Crippen LogP contribution is -2.32. The van der Waals surface area contributed by atoms with Crippen molar-refractivity contribution in [1.29, 1.82) is 0 Å². The Morgan fingerprint density at radius 2 is 1.74 bits per heavy atom. The zero-order valence-corrected chi connectivity index (χ0v) is 21.6. The zero-order chi connectivity index (χ0) is 27.7. The zero-order valence-electron chi connectivity index (χ0n) is 20.1. The lowest BCUT2D eigenvalue weighted by Gasteiger charge is -2.25. The quantitative estimate of drug-likeness (QED) is 0.254. The van der Waals surface area contributed by atoms with Crippen molar-refractivity contribution in [1.82, 2.24) is 9.55 Å². The summed E-state index contributed by atoms with van der Waals surface area (Å²) in [5.74, 6) is -0.985. The van der Waals surface area contributed by atoms with Crippen molar-refractivity contribution in [3.63, 3.8) is 0 Å². The molecule has 0 atom stereocenters. The maximum atomic E-state index is 13.9. The molecule has 0 aliphatic heterocycles. The van der Waals surface area contributed by atoms with E-state index in [4.69, 9.17) is 16.3 Å². The third-order valence-electron chi connectivity index (χ3n) is 5.51. The second-order valence-corrected chi connectivity index (χ2v) is 10.3. The molecule has 2 aromatic heterocycles. The fourth-order valence-electron chi connectivity index (χ4n) is 3.77. The van der Waals surface area contributed by atoms with E-state index >= 15 is 0 Å². The molecule has 0 spiro atoms. The van der Waals surface area contributed by atoms with E-state index in [1.807, 2.05) is 0 Å². The molecule has 0 aliphatic rings. The van der Waals surface area contributed by atoms with Crippen LogP contribution >= 0.6 is 11.6 Å². The minimum atomic E-state index is -4.86. The molecule has 0 radical (unpaired) electrons. The standard InChI is InChI=1S/C25H21ClF3N3O5S/c1-3-36-24(33)17-6-10-19(11-7-17)38(34,35)32(15-16-4-8-18(9-5-16)37-25(27,28)29)23-22-20(12-13-31(22)2)21(26)14-30-23/h4-14H,3,15H2,1-2H3. The van der Waals surface area contributed by atoms with Crippen molar-refractivity contribution in [3.8, 4) is 5.75 Å². The Kier molecular flexibility index (Phi) is 7.56. The van der Waals surface area contributed by atoms with E-state index in [1.165, 1.54) is 42.6 Å². The van der Waals surface area contributed by atoms with Crippen molar-refractivity contribution < 1.29 is 35.9 Å². The average Bonchev–Trinajstić information content (AvgIpc) is 3.26. The predicted octanol–water partition coefficient (Wildman–Crippen LogP) is 5.70. The molecule has 0 saturated heterocycles. The number of benzene rings is 2. The third-order valence-corrected chi connectivity index (χ3v) is 7.57. The highest BCUT2D eigenvalue weighted by atomic mass is 35.5. The van der Waals surface area contributed by atoms with Gasteiger partial charge in [0.15, 0.2) is 5.82 Å². The highest BCUT2D eigenvalue weighted by molar-refractivity contribution is 7.92. The molecular weight excluding hydrogens is 547 g/mol. The summed E-state index contributed by atoms with van der Waals surface area (Å²) in [5, 5.41) is 0.875. The Morgan fingerprint density at radius 1 is 1.08 bits per heavy atom. The molecule has 0 N–H and O–H groups in total. The Hall–Kier alpha value is -3.77. The van der Waals surface area contributed by atoms with Crippen LogP contribution in [0.25, 0.3) is 10.9 Å². The van der Waals surface area contributed by atoms with Crippen LogP contribution in [0.1, 0.15) is 22.8 Å². The van der Waals surface area contributed by atoms with E-state index in [2.05, 4.69) is 9.72 Å². The number of carbonyl (C=O) groups excluding carboxylic acids is 1. The summed E-state index contributed by atoms with van der Waals surface area (Å²) in [7, 11) is -2.59. The number of halogens is 4. The number of aromatic nitrogens is 2. The minimum absolute atomic E-state index is 0.0574. The number of rotatable bonds is 8. The summed E-state index contributed by atoms with van der Waals surface area (Å²) < 4.78 is 77.1. The molecule has 0 unspecified atom stereocenters. The van der Waals surface area contributed by atoms with E-state index in [1.54, 1.807) is 30.8 Å². The van der Waals surface area contributed by atoms with Gasteiger partial charge in [-0.25, -0.2) is 22.5 Å². The smallest absolute Gasteiger partial charge is 0.462 e. The molecular formula is C25H21ClF3N3O5S. The van der Waals surface area contributed by atoms with Crippen LogP contribution < -0.4 is 9.04 Å². The van der Waals surface area contributed by atoms with Gasteiger partial charge in [0.2, 0.25) is 0 Å². The number of hydrogen-bond donors (Lipinski definition) is 0. The van der Waals surface area contributed by atoms with Gasteiger partial charge in [-0.15, -0.1) is 13.2 Å². The van der Waals surface area contributed by atoms with Crippen molar-refractivity contribution in [2.75, 3.05) is 10.9 Å². The first-order chi connectivity index (χ1) is 17.9. The van der Waals surface area contributed by atoms with Gasteiger partial charge in [-0.05, 0) is 55.0 Å². The van der Waals surface area contributed by atoms with Crippen LogP contribution in [0.5, 0.6) is 5.75 Å². The summed E-state index contributed by atoms with van der Waals surface area (Å²) in [6, 6.07) is 11.8. The van der Waals surface area contributed by atoms with Crippen LogP contribution in [0, 0.1) is 0 Å². The molecule has 2 aromatic carbocycles. The molecule has 200 valence electrons. The molecule has 0 bridgehead atoms. The summed E-state index contributed by atoms with van der Waals surface area (Å²) in [6.45, 7) is 1.54. The molecule has 4 aromatic rings. The molecule has 13 heteroatoms. The number of pyridine rings is 1. The van der Waals surface area contributed by atoms with Crippen LogP contribution in [-0.2, 0) is 28.4 Å². The van der Waals surface area contributed by atoms with Gasteiger partial charge >= 0.3 is 12.3 Å². The van der Waals surface area contributed by atoms with E-state index < -0.39 is 28.1 Å². The Balaban J connectivity index is 1.79. The lowest BCUT2D eigenvalue weighted by atomic mass is 10.2. The summed E-state index contributed by atoms with van der Waals surface area (Å²) >= 11 is 6.29. The Bertz CT molecular complexity index is 1570. The van der Waals surface area contributed by atoms with Gasteiger partial charge in [-0.2, -0.15) is 0 Å². The second kappa shape index (κ2) is 10.5. The van der Waals surface area contributed by atoms with Crippen molar-refractivity contribution in [2.45, 2.75) is 24.7 Å². The van der Waals surface area contributed by atoms with Gasteiger partial charge < -0.3 is 14.0 Å². The number of hydrogen-bond acceptors (Lipinski definition) is 6. The molecule has 8 nitrogen and oxygen atoms in total. The Labute approximate surface area is 221 Å². The number of anilines is 1. The van der Waals surface area contributed by atoms with Gasteiger partial charge in [0.25, 0.3) is 10.0 Å². The first kappa shape index (κ1) is 27.3. The highest BCUT2D eigenvalue weighted by Crippen LogP contribution is 2.35. The maximum Gasteiger partial charge on any atom is 0.573 e. The van der Waals surface area contributed by atoms with Crippen LogP contribution in [0.3, 0.4) is 0 Å². The number of fused-ring (bicyclic) bond motifs is 1. The molecule has 0 aliphatic carbocycles. The molecule has 0 amide bonds. The lowest BCUT2D eigenvalue weighted by molar-refractivity contribution is -0.274. The maximum absolute atomic E-state index is 13.9. The van der Waals surface area contributed by atoms with Crippen molar-refractivity contribution in [3.05, 3.63) is 83.1 Å². The third kappa shape index (κ3) is 5.70. The largest absolute Gasteiger partial charge is 0.573 e. The average molecular weight is 568 g/mol. The number of ether oxygens (including phenoxy) is 2. The van der Waals surface area contributed by atoms with Gasteiger partial charge in [0.1, 0.15) is 5.75 Å². The van der Waals surface area contributed by atoms with Crippen LogP contribution in [0.15, 0.2) is 71.9 Å². The number of sulfonamides is 1. The SMILES string of the molecule is CCOC(=O)c1ccc(S(=O)(=O)N(Cc2ccc(OC(F)(F)F)cc2)c2ncc(Cl)c3ccn(C)c23)cc1. The number of alkyl halides is 3. The molecule has 38 heavy (non-hydrogen) atoms. The summed E-state index contributed by atoms with van der Waals surface area (Å²) in [4.78, 5) is 16.2. The first-order valence-corrected chi connectivity index (χ1v) is 13.0. The van der Waals surface area contributed by atoms with E-state index in [0.29, 0.717) is 21.5 Å². The van der Waals surface area contributed by atoms with Crippen LogP contribution in [0.4, 0.5) is 19.0 Å². The monoisotopic (exact) mass is 567 g/mol. The highest BCUT2D eigenvalue weighted by Gasteiger charge is 2.32. The number of carbonyl (C=O) groups is 1. The molecule has 2 heterocycles. The topological polar surface area (TPSA) is 90.7 Å². The van der Waals surface area contributed by atoms with Crippen LogP contribution in [0.2, 0.25) is 5.02 Å². The van der Waals surface area contributed by atoms with Gasteiger partial charge in [-0.3, -0.25) is 0 Å². The van der Waals surface area contributed by atoms with Gasteiger partial charge in [-0.1, -0.05) is 23.7 Å². The fourth-order valence-corrected chi connectivity index (χ4v) is 5.39. The summed E-state index contributed by atoms with van der Waals surface area (Å²) in [5.41, 5.74) is 0.971. The summed E-state index contributed by atoms with van der Waals surface area (Å²) in [6.07, 6.45) is -1.84. The Morgan fingerprint density at radius 3 is 2.34 bits per heavy atom. The minimum Gasteiger partial charge on any atom is -0.462 e. The van der Waals surface area contributed by atoms with Crippen molar-refractivity contribution >= 4 is 44.3 Å². The molecule has 0 saturated carbocycles. The van der Waals surface area contributed by atoms with E-state index in [9.17, 15) is 26.4 Å². The number of nitrogens with zero attached hydrogens (tertiary/aromatic N) is 3. The van der Waals surface area contributed by atoms with Crippen molar-refractivity contribution in [2.24, 2.45) is 7.05 Å². The second-order valence-electron chi connectivity index (χ2n) is 8.07. The van der Waals surface area contributed by atoms with Crippen LogP contribution in [-0.4, -0.2) is 36.9 Å². The predicted molar refractivity (Wildman–Crippen MR) is 135 cm³/mol. The van der Waals surface area contributed by atoms with Gasteiger partial charge in [0, 0.05) is 24.8 Å². The number of aryl methyl sites for hydroxylation is 1. The van der Waals surface area contributed by atoms with Gasteiger partial charge in [0.05, 0.1) is 34.1 Å². The molecule has 4 rings (SSSR count). The first-order valence-electron chi connectivity index (χ1n) is 11.1. The molecule has 0 fully saturated rings. The van der Waals surface area contributed by atoms with E-state index in [0.717, 1.165) is 16.4 Å². The number of esters is 1. The fraction of sp³-hybridized carbons (Fsp3) is 0.200. The van der Waals surface area contributed by atoms with E-state index in [-0.39, 0.29) is 29.4 Å². The normalized spacial score (nSPS) is 11.9.